The molecule has 0 bridgehead atoms. The van der Waals surface area contributed by atoms with Crippen LogP contribution in [0.2, 0.25) is 0 Å². The standard InChI is InChI=1S/C12H9N3O/c16-12-9-7-11(8-1-4-13-5-2-8)15-10(9)3-6-14-12/h1-7,15H,(H,14,16). The number of nitrogens with one attached hydrogen (secondary N) is 2. The number of hydrogen-bond donors (Lipinski definition) is 2. The predicted octanol–water partition coefficient (Wildman–Crippen LogP) is 1.92. The Bertz CT molecular complexity index is 682. The molecule has 0 unspecified atom stereocenters. The molecule has 2 N–H and O–H groups in total. The van der Waals surface area contributed by atoms with Gasteiger partial charge in [-0.1, -0.05) is 0 Å². The van der Waals surface area contributed by atoms with E-state index < -0.39 is 0 Å². The number of H-pyrrole nitrogens is 2. The Hall–Kier alpha value is -2.36. The zero-order valence-electron chi connectivity index (χ0n) is 8.40. The van der Waals surface area contributed by atoms with Gasteiger partial charge in [0.25, 0.3) is 5.56 Å². The van der Waals surface area contributed by atoms with E-state index in [1.807, 2.05) is 24.3 Å². The van der Waals surface area contributed by atoms with Crippen molar-refractivity contribution in [2.24, 2.45) is 0 Å². The third-order valence-electron chi connectivity index (χ3n) is 2.55. The molecule has 3 rings (SSSR count). The highest BCUT2D eigenvalue weighted by atomic mass is 16.1. The summed E-state index contributed by atoms with van der Waals surface area (Å²) in [5, 5.41) is 0.675. The van der Waals surface area contributed by atoms with E-state index in [-0.39, 0.29) is 5.56 Å². The summed E-state index contributed by atoms with van der Waals surface area (Å²) < 4.78 is 0. The molecule has 16 heavy (non-hydrogen) atoms. The summed E-state index contributed by atoms with van der Waals surface area (Å²) in [6.45, 7) is 0. The Morgan fingerprint density at radius 2 is 1.94 bits per heavy atom. The number of pyridine rings is 2. The van der Waals surface area contributed by atoms with Crippen molar-refractivity contribution >= 4 is 10.9 Å². The summed E-state index contributed by atoms with van der Waals surface area (Å²) in [6, 6.07) is 7.50. The highest BCUT2D eigenvalue weighted by molar-refractivity contribution is 5.84. The molecule has 4 nitrogen and oxygen atoms in total. The topological polar surface area (TPSA) is 61.5 Å². The molecule has 0 fully saturated rings. The van der Waals surface area contributed by atoms with Crippen molar-refractivity contribution in [2.45, 2.75) is 0 Å². The lowest BCUT2D eigenvalue weighted by Crippen LogP contribution is -2.02. The average Bonchev–Trinajstić information content (AvgIpc) is 2.76. The van der Waals surface area contributed by atoms with Crippen molar-refractivity contribution in [3.8, 4) is 11.3 Å². The van der Waals surface area contributed by atoms with Crippen LogP contribution in [0.25, 0.3) is 22.2 Å². The largest absolute Gasteiger partial charge is 0.354 e. The maximum Gasteiger partial charge on any atom is 0.257 e. The van der Waals surface area contributed by atoms with E-state index in [4.69, 9.17) is 0 Å². The van der Waals surface area contributed by atoms with Gasteiger partial charge in [0, 0.05) is 29.8 Å². The van der Waals surface area contributed by atoms with Gasteiger partial charge in [-0.3, -0.25) is 9.78 Å². The first-order valence-electron chi connectivity index (χ1n) is 4.95. The Labute approximate surface area is 91.0 Å². The zero-order chi connectivity index (χ0) is 11.0. The van der Waals surface area contributed by atoms with Crippen LogP contribution in [0.4, 0.5) is 0 Å². The second-order valence-electron chi connectivity index (χ2n) is 3.55. The summed E-state index contributed by atoms with van der Waals surface area (Å²) in [6.07, 6.45) is 5.09. The molecule has 3 aromatic heterocycles. The molecule has 78 valence electrons. The van der Waals surface area contributed by atoms with Crippen LogP contribution in [0.15, 0.2) is 47.7 Å². The maximum atomic E-state index is 11.5. The monoisotopic (exact) mass is 211 g/mol. The number of nitrogens with zero attached hydrogens (tertiary/aromatic N) is 1. The number of aromatic amines is 2. The van der Waals surface area contributed by atoms with E-state index in [0.717, 1.165) is 16.8 Å². The third-order valence-corrected chi connectivity index (χ3v) is 2.55. The van der Waals surface area contributed by atoms with Gasteiger partial charge in [-0.15, -0.1) is 0 Å². The van der Waals surface area contributed by atoms with E-state index in [9.17, 15) is 4.79 Å². The van der Waals surface area contributed by atoms with E-state index in [0.29, 0.717) is 5.39 Å². The Morgan fingerprint density at radius 3 is 2.69 bits per heavy atom. The number of aromatic nitrogens is 3. The summed E-state index contributed by atoms with van der Waals surface area (Å²) in [7, 11) is 0. The van der Waals surface area contributed by atoms with Gasteiger partial charge in [-0.25, -0.2) is 0 Å². The van der Waals surface area contributed by atoms with E-state index >= 15 is 0 Å². The molecule has 0 atom stereocenters. The van der Waals surface area contributed by atoms with E-state index in [1.54, 1.807) is 18.6 Å². The molecule has 4 heteroatoms. The summed E-state index contributed by atoms with van der Waals surface area (Å²) >= 11 is 0. The van der Waals surface area contributed by atoms with Crippen LogP contribution in [-0.2, 0) is 0 Å². The lowest BCUT2D eigenvalue weighted by molar-refractivity contribution is 1.27. The lowest BCUT2D eigenvalue weighted by Gasteiger charge is -1.94. The number of hydrogen-bond acceptors (Lipinski definition) is 2. The lowest BCUT2D eigenvalue weighted by atomic mass is 10.2. The van der Waals surface area contributed by atoms with Gasteiger partial charge >= 0.3 is 0 Å². The fourth-order valence-corrected chi connectivity index (χ4v) is 1.76. The normalized spacial score (nSPS) is 10.8. The number of fused-ring (bicyclic) bond motifs is 1. The molecule has 0 aliphatic rings. The van der Waals surface area contributed by atoms with Crippen molar-refractivity contribution in [3.05, 3.63) is 53.2 Å². The maximum absolute atomic E-state index is 11.5. The third kappa shape index (κ3) is 1.32. The first-order chi connectivity index (χ1) is 7.84. The van der Waals surface area contributed by atoms with Gasteiger partial charge in [-0.05, 0) is 24.3 Å². The molecule has 0 saturated heterocycles. The minimum Gasteiger partial charge on any atom is -0.354 e. The van der Waals surface area contributed by atoms with Crippen molar-refractivity contribution in [3.63, 3.8) is 0 Å². The van der Waals surface area contributed by atoms with Gasteiger partial charge in [0.05, 0.1) is 10.9 Å². The summed E-state index contributed by atoms with van der Waals surface area (Å²) in [5.74, 6) is 0. The highest BCUT2D eigenvalue weighted by Crippen LogP contribution is 2.20. The Morgan fingerprint density at radius 1 is 1.12 bits per heavy atom. The SMILES string of the molecule is O=c1[nH]ccc2[nH]c(-c3ccncc3)cc12. The van der Waals surface area contributed by atoms with Crippen LogP contribution in [0, 0.1) is 0 Å². The van der Waals surface area contributed by atoms with Gasteiger partial charge in [0.2, 0.25) is 0 Å². The van der Waals surface area contributed by atoms with Crippen LogP contribution >= 0.6 is 0 Å². The molecular formula is C12H9N3O. The summed E-state index contributed by atoms with van der Waals surface area (Å²) in [4.78, 5) is 21.4. The second kappa shape index (κ2) is 3.34. The predicted molar refractivity (Wildman–Crippen MR) is 62.2 cm³/mol. The molecular weight excluding hydrogens is 202 g/mol. The summed E-state index contributed by atoms with van der Waals surface area (Å²) in [5.41, 5.74) is 2.71. The fourth-order valence-electron chi connectivity index (χ4n) is 1.76. The molecule has 3 aromatic rings. The van der Waals surface area contributed by atoms with Crippen molar-refractivity contribution in [2.75, 3.05) is 0 Å². The van der Waals surface area contributed by atoms with Crippen LogP contribution < -0.4 is 5.56 Å². The fraction of sp³-hybridized carbons (Fsp3) is 0. The first-order valence-corrected chi connectivity index (χ1v) is 4.95. The molecule has 0 aliphatic carbocycles. The molecule has 0 aliphatic heterocycles. The molecule has 0 aromatic carbocycles. The minimum absolute atomic E-state index is 0.0749. The molecule has 0 spiro atoms. The van der Waals surface area contributed by atoms with Gasteiger partial charge in [0.15, 0.2) is 0 Å². The van der Waals surface area contributed by atoms with Gasteiger partial charge in [-0.2, -0.15) is 0 Å². The van der Waals surface area contributed by atoms with Crippen LogP contribution in [0.5, 0.6) is 0 Å². The smallest absolute Gasteiger partial charge is 0.257 e. The van der Waals surface area contributed by atoms with Crippen LogP contribution in [-0.4, -0.2) is 15.0 Å². The van der Waals surface area contributed by atoms with Crippen molar-refractivity contribution < 1.29 is 0 Å². The van der Waals surface area contributed by atoms with Gasteiger partial charge in [0.1, 0.15) is 0 Å². The number of rotatable bonds is 1. The van der Waals surface area contributed by atoms with E-state index in [1.165, 1.54) is 0 Å². The zero-order valence-corrected chi connectivity index (χ0v) is 8.40. The molecule has 3 heterocycles. The van der Waals surface area contributed by atoms with Crippen molar-refractivity contribution in [1.29, 1.82) is 0 Å². The quantitative estimate of drug-likeness (QED) is 0.646. The molecule has 0 amide bonds. The van der Waals surface area contributed by atoms with E-state index in [2.05, 4.69) is 15.0 Å². The van der Waals surface area contributed by atoms with Crippen molar-refractivity contribution in [1.82, 2.24) is 15.0 Å². The average molecular weight is 211 g/mol. The van der Waals surface area contributed by atoms with Gasteiger partial charge < -0.3 is 9.97 Å². The minimum atomic E-state index is -0.0749. The van der Waals surface area contributed by atoms with Crippen LogP contribution in [0.3, 0.4) is 0 Å². The first kappa shape index (κ1) is 8.91. The molecule has 0 radical (unpaired) electrons. The highest BCUT2D eigenvalue weighted by Gasteiger charge is 2.04. The Kier molecular flexibility index (Phi) is 1.86. The Balaban J connectivity index is 2.28. The second-order valence-corrected chi connectivity index (χ2v) is 3.55. The van der Waals surface area contributed by atoms with Crippen LogP contribution in [0.1, 0.15) is 0 Å². The molecule has 0 saturated carbocycles.